The van der Waals surface area contributed by atoms with Gasteiger partial charge in [0.2, 0.25) is 11.8 Å². The molecule has 1 saturated heterocycles. The van der Waals surface area contributed by atoms with Gasteiger partial charge in [0.15, 0.2) is 0 Å². The molecule has 1 atom stereocenters. The van der Waals surface area contributed by atoms with Gasteiger partial charge < -0.3 is 0 Å². The minimum absolute atomic E-state index is 0.0346. The summed E-state index contributed by atoms with van der Waals surface area (Å²) in [6.45, 7) is 0. The number of nitrogens with zero attached hydrogens (tertiary/aromatic N) is 2. The Bertz CT molecular complexity index is 411. The number of carbonyl (C=O) groups excluding carboxylic acids is 2. The van der Waals surface area contributed by atoms with Crippen molar-refractivity contribution < 1.29 is 9.59 Å². The van der Waals surface area contributed by atoms with Crippen LogP contribution < -0.4 is 5.32 Å². The Morgan fingerprint density at radius 1 is 1.56 bits per heavy atom. The van der Waals surface area contributed by atoms with Gasteiger partial charge in [-0.1, -0.05) is 0 Å². The number of hydrogen-bond donors (Lipinski definition) is 1. The predicted octanol–water partition coefficient (Wildman–Crippen LogP) is 0.406. The quantitative estimate of drug-likeness (QED) is 0.752. The second-order valence-electron chi connectivity index (χ2n) is 4.13. The fourth-order valence-electron chi connectivity index (χ4n) is 1.98. The van der Waals surface area contributed by atoms with E-state index in [9.17, 15) is 9.59 Å². The van der Waals surface area contributed by atoms with Crippen LogP contribution in [0.25, 0.3) is 0 Å². The van der Waals surface area contributed by atoms with Crippen LogP contribution in [0, 0.1) is 5.92 Å². The van der Waals surface area contributed by atoms with Crippen molar-refractivity contribution >= 4 is 11.8 Å². The molecular formula is C11H15N3O2. The average molecular weight is 221 g/mol. The Hall–Kier alpha value is -1.65. The molecule has 1 unspecified atom stereocenters. The minimum Gasteiger partial charge on any atom is -0.296 e. The molecule has 1 aromatic heterocycles. The zero-order valence-electron chi connectivity index (χ0n) is 9.27. The number of aromatic nitrogens is 2. The summed E-state index contributed by atoms with van der Waals surface area (Å²) in [5.74, 6) is -0.312. The van der Waals surface area contributed by atoms with E-state index in [1.807, 2.05) is 17.8 Å². The van der Waals surface area contributed by atoms with Gasteiger partial charge in [-0.05, 0) is 25.3 Å². The van der Waals surface area contributed by atoms with Gasteiger partial charge in [0, 0.05) is 31.3 Å². The van der Waals surface area contributed by atoms with Crippen molar-refractivity contribution in [3.8, 4) is 0 Å². The average Bonchev–Trinajstić information content (AvgIpc) is 2.63. The van der Waals surface area contributed by atoms with Crippen molar-refractivity contribution in [2.24, 2.45) is 13.0 Å². The molecule has 0 saturated carbocycles. The number of rotatable bonds is 3. The van der Waals surface area contributed by atoms with E-state index >= 15 is 0 Å². The van der Waals surface area contributed by atoms with Crippen LogP contribution in [0.1, 0.15) is 25.0 Å². The second kappa shape index (κ2) is 4.47. The van der Waals surface area contributed by atoms with Gasteiger partial charge >= 0.3 is 0 Å². The Morgan fingerprint density at radius 2 is 2.38 bits per heavy atom. The van der Waals surface area contributed by atoms with E-state index < -0.39 is 0 Å². The zero-order chi connectivity index (χ0) is 11.5. The van der Waals surface area contributed by atoms with Gasteiger partial charge in [-0.2, -0.15) is 5.10 Å². The molecule has 2 heterocycles. The maximum atomic E-state index is 11.5. The standard InChI is InChI=1S/C11H15N3O2/c1-14-9(6-7-12-14)4-2-8-3-5-10(15)13-11(8)16/h6-8H,2-5H2,1H3,(H,13,15,16). The van der Waals surface area contributed by atoms with Crippen LogP contribution >= 0.6 is 0 Å². The normalized spacial score (nSPS) is 20.9. The molecule has 1 N–H and O–H groups in total. The number of nitrogens with one attached hydrogen (secondary N) is 1. The molecule has 2 rings (SSSR count). The minimum atomic E-state index is -0.151. The van der Waals surface area contributed by atoms with E-state index in [4.69, 9.17) is 0 Å². The van der Waals surface area contributed by atoms with Gasteiger partial charge in [0.05, 0.1) is 0 Å². The molecule has 0 aliphatic carbocycles. The number of amides is 2. The topological polar surface area (TPSA) is 64.0 Å². The van der Waals surface area contributed by atoms with Gasteiger partial charge in [0.25, 0.3) is 0 Å². The van der Waals surface area contributed by atoms with Crippen LogP contribution in [0.2, 0.25) is 0 Å². The predicted molar refractivity (Wildman–Crippen MR) is 57.4 cm³/mol. The van der Waals surface area contributed by atoms with Crippen molar-refractivity contribution in [3.05, 3.63) is 18.0 Å². The van der Waals surface area contributed by atoms with E-state index in [0.29, 0.717) is 12.8 Å². The van der Waals surface area contributed by atoms with Crippen LogP contribution in [0.5, 0.6) is 0 Å². The molecule has 0 radical (unpaired) electrons. The van der Waals surface area contributed by atoms with Crippen molar-refractivity contribution in [2.45, 2.75) is 25.7 Å². The highest BCUT2D eigenvalue weighted by Crippen LogP contribution is 2.18. The first-order valence-electron chi connectivity index (χ1n) is 5.47. The van der Waals surface area contributed by atoms with Crippen LogP contribution in [-0.4, -0.2) is 21.6 Å². The summed E-state index contributed by atoms with van der Waals surface area (Å²) in [7, 11) is 1.89. The first-order chi connectivity index (χ1) is 7.66. The first-order valence-corrected chi connectivity index (χ1v) is 5.47. The zero-order valence-corrected chi connectivity index (χ0v) is 9.27. The summed E-state index contributed by atoms with van der Waals surface area (Å²) >= 11 is 0. The Kier molecular flexibility index (Phi) is 3.03. The molecule has 5 heteroatoms. The Balaban J connectivity index is 1.89. The van der Waals surface area contributed by atoms with Gasteiger partial charge in [-0.3, -0.25) is 19.6 Å². The largest absolute Gasteiger partial charge is 0.296 e. The molecule has 2 amide bonds. The summed E-state index contributed by atoms with van der Waals surface area (Å²) in [4.78, 5) is 22.5. The summed E-state index contributed by atoms with van der Waals surface area (Å²) < 4.78 is 1.81. The van der Waals surface area contributed by atoms with E-state index in [0.717, 1.165) is 18.5 Å². The molecular weight excluding hydrogens is 206 g/mol. The molecule has 0 aromatic carbocycles. The molecule has 0 spiro atoms. The third kappa shape index (κ3) is 2.29. The maximum Gasteiger partial charge on any atom is 0.229 e. The fraction of sp³-hybridized carbons (Fsp3) is 0.545. The summed E-state index contributed by atoms with van der Waals surface area (Å²) in [6.07, 6.45) is 4.48. The molecule has 16 heavy (non-hydrogen) atoms. The molecule has 0 bridgehead atoms. The monoisotopic (exact) mass is 221 g/mol. The van der Waals surface area contributed by atoms with Crippen LogP contribution in [0.4, 0.5) is 0 Å². The second-order valence-corrected chi connectivity index (χ2v) is 4.13. The highest BCUT2D eigenvalue weighted by molar-refractivity contribution is 5.98. The number of piperidine rings is 1. The molecule has 1 aliphatic rings. The fourth-order valence-corrected chi connectivity index (χ4v) is 1.98. The SMILES string of the molecule is Cn1nccc1CCC1CCC(=O)NC1=O. The molecule has 86 valence electrons. The number of carbonyl (C=O) groups is 2. The number of aryl methyl sites for hydroxylation is 2. The van der Waals surface area contributed by atoms with Crippen LogP contribution in [0.3, 0.4) is 0 Å². The molecule has 5 nitrogen and oxygen atoms in total. The third-order valence-electron chi connectivity index (χ3n) is 3.02. The maximum absolute atomic E-state index is 11.5. The van der Waals surface area contributed by atoms with E-state index in [-0.39, 0.29) is 17.7 Å². The molecule has 1 aliphatic heterocycles. The van der Waals surface area contributed by atoms with Crippen molar-refractivity contribution in [3.63, 3.8) is 0 Å². The van der Waals surface area contributed by atoms with Crippen molar-refractivity contribution in [1.29, 1.82) is 0 Å². The summed E-state index contributed by atoms with van der Waals surface area (Å²) in [5.41, 5.74) is 1.12. The smallest absolute Gasteiger partial charge is 0.229 e. The lowest BCUT2D eigenvalue weighted by Crippen LogP contribution is -2.40. The third-order valence-corrected chi connectivity index (χ3v) is 3.02. The lowest BCUT2D eigenvalue weighted by Gasteiger charge is -2.20. The van der Waals surface area contributed by atoms with E-state index in [1.54, 1.807) is 6.20 Å². The Morgan fingerprint density at radius 3 is 3.00 bits per heavy atom. The summed E-state index contributed by atoms with van der Waals surface area (Å²) in [5, 5.41) is 6.45. The number of hydrogen-bond acceptors (Lipinski definition) is 3. The highest BCUT2D eigenvalue weighted by Gasteiger charge is 2.26. The molecule has 1 aromatic rings. The van der Waals surface area contributed by atoms with Crippen molar-refractivity contribution in [1.82, 2.24) is 15.1 Å². The summed E-state index contributed by atoms with van der Waals surface area (Å²) in [6, 6.07) is 1.95. The van der Waals surface area contributed by atoms with Gasteiger partial charge in [0.1, 0.15) is 0 Å². The van der Waals surface area contributed by atoms with Crippen LogP contribution in [-0.2, 0) is 23.1 Å². The Labute approximate surface area is 93.8 Å². The highest BCUT2D eigenvalue weighted by atomic mass is 16.2. The van der Waals surface area contributed by atoms with Crippen LogP contribution in [0.15, 0.2) is 12.3 Å². The van der Waals surface area contributed by atoms with Crippen molar-refractivity contribution in [2.75, 3.05) is 0 Å². The van der Waals surface area contributed by atoms with Gasteiger partial charge in [-0.15, -0.1) is 0 Å². The first kappa shape index (κ1) is 10.9. The van der Waals surface area contributed by atoms with E-state index in [2.05, 4.69) is 10.4 Å². The molecule has 1 fully saturated rings. The van der Waals surface area contributed by atoms with Gasteiger partial charge in [-0.25, -0.2) is 0 Å². The lowest BCUT2D eigenvalue weighted by atomic mass is 9.93. The number of imide groups is 1. The lowest BCUT2D eigenvalue weighted by molar-refractivity contribution is -0.136. The van der Waals surface area contributed by atoms with E-state index in [1.165, 1.54) is 0 Å².